The molecule has 2 aromatic heterocycles. The van der Waals surface area contributed by atoms with Crippen molar-refractivity contribution in [1.82, 2.24) is 19.5 Å². The molecule has 0 amide bonds. The van der Waals surface area contributed by atoms with Crippen LogP contribution in [0.4, 0.5) is 16.2 Å². The predicted molar refractivity (Wildman–Crippen MR) is 118 cm³/mol. The van der Waals surface area contributed by atoms with Gasteiger partial charge in [0.15, 0.2) is 17.0 Å². The van der Waals surface area contributed by atoms with E-state index >= 15 is 0 Å². The highest BCUT2D eigenvalue weighted by Gasteiger charge is 2.13. The molecule has 0 fully saturated rings. The van der Waals surface area contributed by atoms with Crippen molar-refractivity contribution in [2.75, 3.05) is 17.2 Å². The molecular formula is C23H25FN6. The van der Waals surface area contributed by atoms with E-state index in [1.807, 2.05) is 4.57 Å². The molecule has 0 aliphatic heterocycles. The van der Waals surface area contributed by atoms with Crippen LogP contribution < -0.4 is 10.6 Å². The molecule has 0 atom stereocenters. The van der Waals surface area contributed by atoms with Crippen LogP contribution in [0.1, 0.15) is 23.6 Å². The molecule has 0 radical (unpaired) electrons. The van der Waals surface area contributed by atoms with Gasteiger partial charge in [-0.2, -0.15) is 9.97 Å². The minimum absolute atomic E-state index is 0.224. The van der Waals surface area contributed by atoms with Crippen molar-refractivity contribution < 1.29 is 4.39 Å². The number of hydrogen-bond acceptors (Lipinski definition) is 5. The zero-order valence-corrected chi connectivity index (χ0v) is 17.2. The Hall–Kier alpha value is -3.48. The molecule has 2 N–H and O–H groups in total. The number of fused-ring (bicyclic) bond motifs is 1. The Bertz CT molecular complexity index is 1120. The molecular weight excluding hydrogens is 379 g/mol. The number of rotatable bonds is 8. The summed E-state index contributed by atoms with van der Waals surface area (Å²) in [6.45, 7) is 6.21. The van der Waals surface area contributed by atoms with Crippen LogP contribution in [0.5, 0.6) is 0 Å². The number of anilines is 2. The van der Waals surface area contributed by atoms with Gasteiger partial charge in [0.05, 0.1) is 6.33 Å². The maximum atomic E-state index is 13.1. The van der Waals surface area contributed by atoms with Crippen molar-refractivity contribution in [2.45, 2.75) is 33.4 Å². The van der Waals surface area contributed by atoms with Crippen LogP contribution in [0.3, 0.4) is 0 Å². The van der Waals surface area contributed by atoms with E-state index in [4.69, 9.17) is 0 Å². The average molecular weight is 404 g/mol. The first kappa shape index (κ1) is 19.8. The van der Waals surface area contributed by atoms with E-state index in [2.05, 4.69) is 63.7 Å². The Morgan fingerprint density at radius 1 is 0.933 bits per heavy atom. The van der Waals surface area contributed by atoms with E-state index in [-0.39, 0.29) is 5.82 Å². The van der Waals surface area contributed by atoms with Gasteiger partial charge in [-0.3, -0.25) is 0 Å². The zero-order valence-electron chi connectivity index (χ0n) is 17.2. The third-order valence-corrected chi connectivity index (χ3v) is 5.00. The van der Waals surface area contributed by atoms with Crippen molar-refractivity contribution in [3.8, 4) is 0 Å². The minimum atomic E-state index is -0.224. The standard InChI is InChI=1S/C23H25FN6/c1-3-30-15-27-20-21(25-13-12-17-8-10-19(24)11-9-17)28-23(29-22(20)30)26-14-18-6-4-16(2)5-7-18/h4-11,15H,3,12-14H2,1-2H3,(H2,25,26,28,29). The van der Waals surface area contributed by atoms with Crippen LogP contribution in [0.15, 0.2) is 54.9 Å². The number of benzene rings is 2. The van der Waals surface area contributed by atoms with Crippen molar-refractivity contribution >= 4 is 22.9 Å². The quantitative estimate of drug-likeness (QED) is 0.451. The van der Waals surface area contributed by atoms with Gasteiger partial charge in [-0.05, 0) is 43.5 Å². The summed E-state index contributed by atoms with van der Waals surface area (Å²) in [4.78, 5) is 13.8. The highest BCUT2D eigenvalue weighted by atomic mass is 19.1. The van der Waals surface area contributed by atoms with Gasteiger partial charge in [0, 0.05) is 19.6 Å². The van der Waals surface area contributed by atoms with E-state index in [0.717, 1.165) is 29.7 Å². The molecule has 4 aromatic rings. The summed E-state index contributed by atoms with van der Waals surface area (Å²) in [5.41, 5.74) is 5.00. The van der Waals surface area contributed by atoms with Crippen molar-refractivity contribution in [2.24, 2.45) is 0 Å². The van der Waals surface area contributed by atoms with Crippen LogP contribution >= 0.6 is 0 Å². The van der Waals surface area contributed by atoms with Gasteiger partial charge in [0.25, 0.3) is 0 Å². The smallest absolute Gasteiger partial charge is 0.227 e. The second kappa shape index (κ2) is 8.90. The first-order valence-corrected chi connectivity index (χ1v) is 10.1. The molecule has 0 aliphatic carbocycles. The summed E-state index contributed by atoms with van der Waals surface area (Å²) in [5, 5.41) is 6.70. The summed E-state index contributed by atoms with van der Waals surface area (Å²) in [6.07, 6.45) is 2.54. The Morgan fingerprint density at radius 2 is 1.67 bits per heavy atom. The van der Waals surface area contributed by atoms with Crippen LogP contribution in [0.25, 0.3) is 11.2 Å². The molecule has 2 heterocycles. The van der Waals surface area contributed by atoms with E-state index in [1.165, 1.54) is 23.3 Å². The number of aryl methyl sites for hydroxylation is 2. The Labute approximate surface area is 175 Å². The maximum Gasteiger partial charge on any atom is 0.227 e. The summed E-state index contributed by atoms with van der Waals surface area (Å²) in [6, 6.07) is 14.9. The lowest BCUT2D eigenvalue weighted by Crippen LogP contribution is -2.11. The second-order valence-electron chi connectivity index (χ2n) is 7.24. The van der Waals surface area contributed by atoms with Crippen LogP contribution in [0, 0.1) is 12.7 Å². The Morgan fingerprint density at radius 3 is 2.40 bits per heavy atom. The Kier molecular flexibility index (Phi) is 5.88. The van der Waals surface area contributed by atoms with Gasteiger partial charge in [0.1, 0.15) is 5.82 Å². The molecule has 0 saturated carbocycles. The third kappa shape index (κ3) is 4.56. The normalized spacial score (nSPS) is 11.0. The monoisotopic (exact) mass is 404 g/mol. The number of aromatic nitrogens is 4. The van der Waals surface area contributed by atoms with Crippen LogP contribution in [0.2, 0.25) is 0 Å². The van der Waals surface area contributed by atoms with Crippen molar-refractivity contribution in [3.05, 3.63) is 77.4 Å². The van der Waals surface area contributed by atoms with Gasteiger partial charge in [-0.25, -0.2) is 9.37 Å². The fourth-order valence-corrected chi connectivity index (χ4v) is 3.24. The van der Waals surface area contributed by atoms with E-state index in [0.29, 0.717) is 24.9 Å². The lowest BCUT2D eigenvalue weighted by Gasteiger charge is -2.11. The zero-order chi connectivity index (χ0) is 20.9. The third-order valence-electron chi connectivity index (χ3n) is 5.00. The molecule has 154 valence electrons. The first-order valence-electron chi connectivity index (χ1n) is 10.1. The number of nitrogens with one attached hydrogen (secondary N) is 2. The number of halogens is 1. The molecule has 4 rings (SSSR count). The minimum Gasteiger partial charge on any atom is -0.368 e. The predicted octanol–water partition coefficient (Wildman–Crippen LogP) is 4.56. The summed E-state index contributed by atoms with van der Waals surface area (Å²) < 4.78 is 15.1. The van der Waals surface area contributed by atoms with Gasteiger partial charge in [0.2, 0.25) is 5.95 Å². The maximum absolute atomic E-state index is 13.1. The molecule has 0 bridgehead atoms. The molecule has 0 saturated heterocycles. The summed E-state index contributed by atoms with van der Waals surface area (Å²) in [7, 11) is 0. The number of imidazole rings is 1. The fraction of sp³-hybridized carbons (Fsp3) is 0.261. The van der Waals surface area contributed by atoms with Gasteiger partial charge >= 0.3 is 0 Å². The number of hydrogen-bond donors (Lipinski definition) is 2. The highest BCUT2D eigenvalue weighted by molar-refractivity contribution is 5.84. The summed E-state index contributed by atoms with van der Waals surface area (Å²) in [5.74, 6) is 1.03. The van der Waals surface area contributed by atoms with E-state index < -0.39 is 0 Å². The van der Waals surface area contributed by atoms with Crippen molar-refractivity contribution in [3.63, 3.8) is 0 Å². The van der Waals surface area contributed by atoms with Crippen molar-refractivity contribution in [1.29, 1.82) is 0 Å². The van der Waals surface area contributed by atoms with Gasteiger partial charge in [-0.15, -0.1) is 0 Å². The number of nitrogens with zero attached hydrogens (tertiary/aromatic N) is 4. The highest BCUT2D eigenvalue weighted by Crippen LogP contribution is 2.21. The SMILES string of the molecule is CCn1cnc2c(NCCc3ccc(F)cc3)nc(NCc3ccc(C)cc3)nc21. The van der Waals surface area contributed by atoms with E-state index in [9.17, 15) is 4.39 Å². The van der Waals surface area contributed by atoms with Gasteiger partial charge < -0.3 is 15.2 Å². The second-order valence-corrected chi connectivity index (χ2v) is 7.24. The van der Waals surface area contributed by atoms with Crippen LogP contribution in [-0.4, -0.2) is 26.1 Å². The van der Waals surface area contributed by atoms with Crippen LogP contribution in [-0.2, 0) is 19.5 Å². The summed E-state index contributed by atoms with van der Waals surface area (Å²) >= 11 is 0. The molecule has 0 spiro atoms. The van der Waals surface area contributed by atoms with E-state index in [1.54, 1.807) is 18.5 Å². The molecule has 0 unspecified atom stereocenters. The van der Waals surface area contributed by atoms with Gasteiger partial charge in [-0.1, -0.05) is 42.0 Å². The lowest BCUT2D eigenvalue weighted by atomic mass is 10.1. The fourth-order valence-electron chi connectivity index (χ4n) is 3.24. The molecule has 2 aromatic carbocycles. The lowest BCUT2D eigenvalue weighted by molar-refractivity contribution is 0.627. The molecule has 6 nitrogen and oxygen atoms in total. The topological polar surface area (TPSA) is 67.7 Å². The largest absolute Gasteiger partial charge is 0.368 e. The Balaban J connectivity index is 1.52. The molecule has 30 heavy (non-hydrogen) atoms. The molecule has 7 heteroatoms. The molecule has 0 aliphatic rings. The average Bonchev–Trinajstić information content (AvgIpc) is 3.18. The first-order chi connectivity index (χ1) is 14.6.